The van der Waals surface area contributed by atoms with Crippen molar-refractivity contribution in [3.8, 4) is 5.75 Å². The van der Waals surface area contributed by atoms with Crippen LogP contribution in [0.2, 0.25) is 0 Å². The van der Waals surface area contributed by atoms with Gasteiger partial charge in [-0.1, -0.05) is 36.4 Å². The highest BCUT2D eigenvalue weighted by Gasteiger charge is 2.16. The molecule has 0 fully saturated rings. The molecular formula is C21H26ClFN4O3S. The van der Waals surface area contributed by atoms with Crippen molar-refractivity contribution in [2.75, 3.05) is 19.7 Å². The zero-order chi connectivity index (χ0) is 21.6. The Hall–Kier alpha value is -2.46. The normalized spacial score (nSPS) is 12.2. The van der Waals surface area contributed by atoms with Gasteiger partial charge in [-0.05, 0) is 36.2 Å². The minimum absolute atomic E-state index is 0. The molecule has 168 valence electrons. The van der Waals surface area contributed by atoms with Crippen LogP contribution in [0.5, 0.6) is 5.75 Å². The van der Waals surface area contributed by atoms with Crippen LogP contribution in [0.3, 0.4) is 0 Å². The molecule has 0 saturated carbocycles. The number of halogens is 2. The van der Waals surface area contributed by atoms with E-state index in [0.717, 1.165) is 17.5 Å². The van der Waals surface area contributed by atoms with E-state index in [4.69, 9.17) is 10.5 Å². The molecule has 10 heteroatoms. The standard InChI is InChI=1S/C21H25FN4O3S.ClH/c1-26-15-19(14-24-26)30(27,28)25-9-10-29-21-12-17(7-8-20(21)22)18(13-23)11-16-5-3-2-4-6-16;/h2-8,12,14-15,18,25H,9-11,13,23H2,1H3;1H. The predicted molar refractivity (Wildman–Crippen MR) is 119 cm³/mol. The molecule has 0 saturated heterocycles. The fraction of sp³-hybridized carbons (Fsp3) is 0.286. The molecule has 31 heavy (non-hydrogen) atoms. The van der Waals surface area contributed by atoms with Gasteiger partial charge in [0.15, 0.2) is 11.6 Å². The SMILES string of the molecule is Cl.Cn1cc(S(=O)(=O)NCCOc2cc(C(CN)Cc3ccccc3)ccc2F)cn1. The van der Waals surface area contributed by atoms with Crippen LogP contribution in [0.25, 0.3) is 0 Å². The minimum Gasteiger partial charge on any atom is -0.489 e. The molecular weight excluding hydrogens is 443 g/mol. The van der Waals surface area contributed by atoms with Crippen molar-refractivity contribution in [2.45, 2.75) is 17.2 Å². The lowest BCUT2D eigenvalue weighted by molar-refractivity contribution is 0.306. The number of nitrogens with two attached hydrogens (primary N) is 1. The summed E-state index contributed by atoms with van der Waals surface area (Å²) in [7, 11) is -2.06. The molecule has 0 aliphatic rings. The summed E-state index contributed by atoms with van der Waals surface area (Å²) in [6, 6.07) is 14.6. The number of hydrogen-bond donors (Lipinski definition) is 2. The van der Waals surface area contributed by atoms with Gasteiger partial charge in [-0.3, -0.25) is 4.68 Å². The summed E-state index contributed by atoms with van der Waals surface area (Å²) in [6.45, 7) is 0.377. The second kappa shape index (κ2) is 11.2. The lowest BCUT2D eigenvalue weighted by Crippen LogP contribution is -2.28. The molecule has 2 aromatic carbocycles. The van der Waals surface area contributed by atoms with Crippen LogP contribution >= 0.6 is 12.4 Å². The largest absolute Gasteiger partial charge is 0.489 e. The van der Waals surface area contributed by atoms with Gasteiger partial charge in [0.25, 0.3) is 0 Å². The van der Waals surface area contributed by atoms with E-state index in [2.05, 4.69) is 9.82 Å². The van der Waals surface area contributed by atoms with Crippen molar-refractivity contribution < 1.29 is 17.5 Å². The first kappa shape index (κ1) is 24.8. The van der Waals surface area contributed by atoms with Crippen LogP contribution in [0, 0.1) is 5.82 Å². The number of sulfonamides is 1. The highest BCUT2D eigenvalue weighted by Crippen LogP contribution is 2.26. The van der Waals surface area contributed by atoms with Crippen LogP contribution in [-0.4, -0.2) is 37.9 Å². The maximum Gasteiger partial charge on any atom is 0.243 e. The molecule has 1 aromatic heterocycles. The summed E-state index contributed by atoms with van der Waals surface area (Å²) < 4.78 is 47.8. The number of benzene rings is 2. The van der Waals surface area contributed by atoms with Gasteiger partial charge in [0.2, 0.25) is 10.0 Å². The van der Waals surface area contributed by atoms with Crippen molar-refractivity contribution in [1.29, 1.82) is 0 Å². The Kier molecular flexibility index (Phi) is 9.00. The molecule has 0 amide bonds. The van der Waals surface area contributed by atoms with Crippen molar-refractivity contribution in [3.63, 3.8) is 0 Å². The third-order valence-electron chi connectivity index (χ3n) is 4.68. The summed E-state index contributed by atoms with van der Waals surface area (Å²) in [4.78, 5) is 0.0601. The lowest BCUT2D eigenvalue weighted by Gasteiger charge is -2.17. The molecule has 1 unspecified atom stereocenters. The molecule has 0 aliphatic heterocycles. The number of nitrogens with one attached hydrogen (secondary N) is 1. The smallest absolute Gasteiger partial charge is 0.243 e. The topological polar surface area (TPSA) is 99.2 Å². The van der Waals surface area contributed by atoms with E-state index < -0.39 is 15.8 Å². The average molecular weight is 469 g/mol. The van der Waals surface area contributed by atoms with Crippen LogP contribution in [-0.2, 0) is 23.5 Å². The van der Waals surface area contributed by atoms with E-state index in [1.807, 2.05) is 30.3 Å². The Morgan fingerprint density at radius 2 is 1.97 bits per heavy atom. The highest BCUT2D eigenvalue weighted by atomic mass is 35.5. The van der Waals surface area contributed by atoms with E-state index >= 15 is 0 Å². The molecule has 7 nitrogen and oxygen atoms in total. The second-order valence-electron chi connectivity index (χ2n) is 6.91. The maximum atomic E-state index is 14.2. The van der Waals surface area contributed by atoms with Crippen LogP contribution in [0.15, 0.2) is 65.8 Å². The van der Waals surface area contributed by atoms with E-state index in [0.29, 0.717) is 6.54 Å². The van der Waals surface area contributed by atoms with Crippen LogP contribution in [0.1, 0.15) is 17.0 Å². The summed E-state index contributed by atoms with van der Waals surface area (Å²) >= 11 is 0. The Labute approximate surface area is 187 Å². The number of aryl methyl sites for hydroxylation is 1. The van der Waals surface area contributed by atoms with E-state index in [-0.39, 0.29) is 42.1 Å². The lowest BCUT2D eigenvalue weighted by atomic mass is 9.92. The van der Waals surface area contributed by atoms with Crippen molar-refractivity contribution in [3.05, 3.63) is 77.9 Å². The van der Waals surface area contributed by atoms with Gasteiger partial charge in [-0.25, -0.2) is 17.5 Å². The van der Waals surface area contributed by atoms with Gasteiger partial charge < -0.3 is 10.5 Å². The quantitative estimate of drug-likeness (QED) is 0.445. The predicted octanol–water partition coefficient (Wildman–Crippen LogP) is 2.62. The highest BCUT2D eigenvalue weighted by molar-refractivity contribution is 7.89. The number of aromatic nitrogens is 2. The molecule has 0 bridgehead atoms. The zero-order valence-electron chi connectivity index (χ0n) is 17.1. The van der Waals surface area contributed by atoms with Gasteiger partial charge in [0.1, 0.15) is 11.5 Å². The molecule has 3 aromatic rings. The van der Waals surface area contributed by atoms with Gasteiger partial charge in [0, 0.05) is 25.7 Å². The van der Waals surface area contributed by atoms with E-state index in [9.17, 15) is 12.8 Å². The van der Waals surface area contributed by atoms with Crippen LogP contribution < -0.4 is 15.2 Å². The summed E-state index contributed by atoms with van der Waals surface area (Å²) in [5, 5.41) is 3.84. The number of ether oxygens (including phenoxy) is 1. The monoisotopic (exact) mass is 468 g/mol. The maximum absolute atomic E-state index is 14.2. The van der Waals surface area contributed by atoms with Gasteiger partial charge in [-0.2, -0.15) is 5.10 Å². The van der Waals surface area contributed by atoms with Gasteiger partial charge in [0.05, 0.1) is 6.20 Å². The van der Waals surface area contributed by atoms with Crippen molar-refractivity contribution in [2.24, 2.45) is 12.8 Å². The third-order valence-corrected chi connectivity index (χ3v) is 6.09. The van der Waals surface area contributed by atoms with Gasteiger partial charge >= 0.3 is 0 Å². The molecule has 3 rings (SSSR count). The first-order chi connectivity index (χ1) is 14.4. The third kappa shape index (κ3) is 6.76. The van der Waals surface area contributed by atoms with E-state index in [1.165, 1.54) is 23.1 Å². The zero-order valence-corrected chi connectivity index (χ0v) is 18.7. The van der Waals surface area contributed by atoms with E-state index in [1.54, 1.807) is 19.2 Å². The molecule has 0 aliphatic carbocycles. The molecule has 0 spiro atoms. The van der Waals surface area contributed by atoms with Crippen molar-refractivity contribution >= 4 is 22.4 Å². The fourth-order valence-corrected chi connectivity index (χ4v) is 4.07. The second-order valence-corrected chi connectivity index (χ2v) is 8.68. The Morgan fingerprint density at radius 1 is 1.23 bits per heavy atom. The molecule has 0 radical (unpaired) electrons. The molecule has 1 heterocycles. The first-order valence-corrected chi connectivity index (χ1v) is 11.0. The first-order valence-electron chi connectivity index (χ1n) is 9.53. The van der Waals surface area contributed by atoms with Gasteiger partial charge in [-0.15, -0.1) is 12.4 Å². The number of rotatable bonds is 10. The minimum atomic E-state index is -3.69. The summed E-state index contributed by atoms with van der Waals surface area (Å²) in [6.07, 6.45) is 3.38. The Morgan fingerprint density at radius 3 is 2.61 bits per heavy atom. The Bertz CT molecular complexity index is 1080. The fourth-order valence-electron chi connectivity index (χ4n) is 3.08. The van der Waals surface area contributed by atoms with Crippen LogP contribution in [0.4, 0.5) is 4.39 Å². The summed E-state index contributed by atoms with van der Waals surface area (Å²) in [5.41, 5.74) is 7.96. The van der Waals surface area contributed by atoms with Crippen molar-refractivity contribution in [1.82, 2.24) is 14.5 Å². The number of nitrogens with zero attached hydrogens (tertiary/aromatic N) is 2. The summed E-state index contributed by atoms with van der Waals surface area (Å²) in [5.74, 6) is -0.427. The average Bonchev–Trinajstić information content (AvgIpc) is 3.19. The molecule has 3 N–H and O–H groups in total. The Balaban J connectivity index is 0.00000341. The molecule has 1 atom stereocenters. The number of hydrogen-bond acceptors (Lipinski definition) is 5.